The van der Waals surface area contributed by atoms with Gasteiger partial charge in [-0.05, 0) is 6.92 Å². The molecule has 16 heavy (non-hydrogen) atoms. The van der Waals surface area contributed by atoms with Crippen LogP contribution >= 0.6 is 0 Å². The number of nitrogens with zero attached hydrogens (tertiary/aromatic N) is 3. The average molecular weight is 225 g/mol. The Hall–Kier alpha value is -1.43. The maximum atomic E-state index is 11.4. The minimum Gasteiger partial charge on any atom is -0.348 e. The zero-order valence-electron chi connectivity index (χ0n) is 10.0. The Morgan fingerprint density at radius 2 is 2.31 bits per heavy atom. The molecule has 0 aliphatic rings. The summed E-state index contributed by atoms with van der Waals surface area (Å²) in [6, 6.07) is 0.310. The molecule has 0 fully saturated rings. The van der Waals surface area contributed by atoms with Crippen molar-refractivity contribution in [2.24, 2.45) is 0 Å². The Morgan fingerprint density at radius 3 is 2.94 bits per heavy atom. The van der Waals surface area contributed by atoms with Gasteiger partial charge in [-0.2, -0.15) is 0 Å². The molecule has 90 valence electrons. The van der Waals surface area contributed by atoms with Crippen molar-refractivity contribution in [2.45, 2.75) is 39.9 Å². The molecule has 0 aromatic carbocycles. The Labute approximate surface area is 95.4 Å². The van der Waals surface area contributed by atoms with Crippen LogP contribution in [0.5, 0.6) is 0 Å². The molecule has 1 amide bonds. The van der Waals surface area contributed by atoms with Gasteiger partial charge >= 0.3 is 0 Å². The van der Waals surface area contributed by atoms with Crippen LogP contribution in [0.4, 0.5) is 0 Å². The second kappa shape index (κ2) is 6.22. The van der Waals surface area contributed by atoms with Gasteiger partial charge in [-0.1, -0.05) is 13.8 Å². The van der Waals surface area contributed by atoms with Gasteiger partial charge in [-0.3, -0.25) is 4.79 Å². The molecule has 0 unspecified atom stereocenters. The molecule has 6 nitrogen and oxygen atoms in total. The van der Waals surface area contributed by atoms with E-state index in [1.165, 1.54) is 0 Å². The van der Waals surface area contributed by atoms with E-state index in [9.17, 15) is 4.79 Å². The quantitative estimate of drug-likeness (QED) is 0.710. The maximum Gasteiger partial charge on any atom is 0.234 e. The zero-order chi connectivity index (χ0) is 12.0. The zero-order valence-corrected chi connectivity index (χ0v) is 10.0. The molecule has 0 atom stereocenters. The third kappa shape index (κ3) is 3.98. The highest BCUT2D eigenvalue weighted by Gasteiger charge is 2.05. The van der Waals surface area contributed by atoms with Crippen LogP contribution in [-0.4, -0.2) is 33.3 Å². The standard InChI is InChI=1S/C10H19N5O/c1-4-15-7-13-14-9(15)5-12-10(16)6-11-8(2)3/h7-8,11H,4-6H2,1-3H3,(H,12,16). The van der Waals surface area contributed by atoms with Crippen molar-refractivity contribution >= 4 is 5.91 Å². The number of carbonyl (C=O) groups excluding carboxylic acids is 1. The summed E-state index contributed by atoms with van der Waals surface area (Å²) in [5.41, 5.74) is 0. The van der Waals surface area contributed by atoms with E-state index in [-0.39, 0.29) is 5.91 Å². The van der Waals surface area contributed by atoms with Crippen LogP contribution in [0.3, 0.4) is 0 Å². The van der Waals surface area contributed by atoms with Crippen molar-refractivity contribution < 1.29 is 4.79 Å². The van der Waals surface area contributed by atoms with Gasteiger partial charge in [0.15, 0.2) is 5.82 Å². The molecule has 0 aliphatic heterocycles. The fourth-order valence-electron chi connectivity index (χ4n) is 1.22. The maximum absolute atomic E-state index is 11.4. The van der Waals surface area contributed by atoms with E-state index < -0.39 is 0 Å². The first-order valence-electron chi connectivity index (χ1n) is 5.50. The molecule has 0 saturated heterocycles. The molecular formula is C10H19N5O. The van der Waals surface area contributed by atoms with Gasteiger partial charge in [0.1, 0.15) is 6.33 Å². The Balaban J connectivity index is 2.31. The summed E-state index contributed by atoms with van der Waals surface area (Å²) in [4.78, 5) is 11.4. The summed E-state index contributed by atoms with van der Waals surface area (Å²) in [6.07, 6.45) is 1.66. The molecule has 0 spiro atoms. The molecule has 0 bridgehead atoms. The van der Waals surface area contributed by atoms with Crippen LogP contribution in [0.1, 0.15) is 26.6 Å². The monoisotopic (exact) mass is 225 g/mol. The third-order valence-corrected chi connectivity index (χ3v) is 2.15. The highest BCUT2D eigenvalue weighted by atomic mass is 16.1. The highest BCUT2D eigenvalue weighted by molar-refractivity contribution is 5.77. The van der Waals surface area contributed by atoms with Crippen molar-refractivity contribution in [3.05, 3.63) is 12.2 Å². The molecule has 1 aromatic rings. The number of nitrogens with one attached hydrogen (secondary N) is 2. The third-order valence-electron chi connectivity index (χ3n) is 2.15. The number of aryl methyl sites for hydroxylation is 1. The number of rotatable bonds is 6. The number of aromatic nitrogens is 3. The van der Waals surface area contributed by atoms with Crippen molar-refractivity contribution in [1.29, 1.82) is 0 Å². The normalized spacial score (nSPS) is 10.8. The molecular weight excluding hydrogens is 206 g/mol. The van der Waals surface area contributed by atoms with Gasteiger partial charge in [0.25, 0.3) is 0 Å². The predicted molar refractivity (Wildman–Crippen MR) is 60.7 cm³/mol. The van der Waals surface area contributed by atoms with E-state index in [1.54, 1.807) is 6.33 Å². The summed E-state index contributed by atoms with van der Waals surface area (Å²) in [6.45, 7) is 7.57. The van der Waals surface area contributed by atoms with Crippen LogP contribution in [0.15, 0.2) is 6.33 Å². The first-order chi connectivity index (χ1) is 7.63. The first-order valence-corrected chi connectivity index (χ1v) is 5.50. The number of amides is 1. The molecule has 0 radical (unpaired) electrons. The smallest absolute Gasteiger partial charge is 0.234 e. The molecule has 2 N–H and O–H groups in total. The molecule has 0 saturated carbocycles. The summed E-state index contributed by atoms with van der Waals surface area (Å²) in [7, 11) is 0. The van der Waals surface area contributed by atoms with Crippen LogP contribution < -0.4 is 10.6 Å². The summed E-state index contributed by atoms with van der Waals surface area (Å²) in [5.74, 6) is 0.750. The number of hydrogen-bond donors (Lipinski definition) is 2. The van der Waals surface area contributed by atoms with Gasteiger partial charge in [-0.25, -0.2) is 0 Å². The van der Waals surface area contributed by atoms with Crippen LogP contribution in [0, 0.1) is 0 Å². The van der Waals surface area contributed by atoms with Gasteiger partial charge in [0.2, 0.25) is 5.91 Å². The van der Waals surface area contributed by atoms with E-state index in [0.717, 1.165) is 12.4 Å². The second-order valence-electron chi connectivity index (χ2n) is 3.85. The van der Waals surface area contributed by atoms with Gasteiger partial charge in [0.05, 0.1) is 13.1 Å². The molecule has 1 rings (SSSR count). The van der Waals surface area contributed by atoms with E-state index in [2.05, 4.69) is 20.8 Å². The topological polar surface area (TPSA) is 71.8 Å². The van der Waals surface area contributed by atoms with Crippen molar-refractivity contribution in [1.82, 2.24) is 25.4 Å². The van der Waals surface area contributed by atoms with Gasteiger partial charge < -0.3 is 15.2 Å². The lowest BCUT2D eigenvalue weighted by Gasteiger charge is -2.08. The Morgan fingerprint density at radius 1 is 1.56 bits per heavy atom. The van der Waals surface area contributed by atoms with Crippen molar-refractivity contribution in [3.63, 3.8) is 0 Å². The fourth-order valence-corrected chi connectivity index (χ4v) is 1.22. The fraction of sp³-hybridized carbons (Fsp3) is 0.700. The Bertz CT molecular complexity index is 334. The van der Waals surface area contributed by atoms with E-state index in [0.29, 0.717) is 19.1 Å². The van der Waals surface area contributed by atoms with Gasteiger partial charge in [-0.15, -0.1) is 10.2 Å². The minimum atomic E-state index is -0.0284. The van der Waals surface area contributed by atoms with E-state index >= 15 is 0 Å². The Kier molecular flexibility index (Phi) is 4.91. The molecule has 1 aromatic heterocycles. The summed E-state index contributed by atoms with van der Waals surface area (Å²) in [5, 5.41) is 13.6. The lowest BCUT2D eigenvalue weighted by molar-refractivity contribution is -0.120. The van der Waals surface area contributed by atoms with E-state index in [1.807, 2.05) is 25.3 Å². The SMILES string of the molecule is CCn1cnnc1CNC(=O)CNC(C)C. The minimum absolute atomic E-state index is 0.0284. The summed E-state index contributed by atoms with van der Waals surface area (Å²) < 4.78 is 1.90. The molecule has 0 aliphatic carbocycles. The number of hydrogen-bond acceptors (Lipinski definition) is 4. The van der Waals surface area contributed by atoms with E-state index in [4.69, 9.17) is 0 Å². The largest absolute Gasteiger partial charge is 0.348 e. The highest BCUT2D eigenvalue weighted by Crippen LogP contribution is 1.93. The first kappa shape index (κ1) is 12.6. The van der Waals surface area contributed by atoms with Gasteiger partial charge in [0, 0.05) is 12.6 Å². The predicted octanol–water partition coefficient (Wildman–Crippen LogP) is -0.0878. The van der Waals surface area contributed by atoms with Crippen molar-refractivity contribution in [3.8, 4) is 0 Å². The molecule has 6 heteroatoms. The van der Waals surface area contributed by atoms with Crippen LogP contribution in [-0.2, 0) is 17.9 Å². The van der Waals surface area contributed by atoms with Crippen LogP contribution in [0.25, 0.3) is 0 Å². The molecule has 1 heterocycles. The van der Waals surface area contributed by atoms with Crippen LogP contribution in [0.2, 0.25) is 0 Å². The lowest BCUT2D eigenvalue weighted by atomic mass is 10.4. The summed E-state index contributed by atoms with van der Waals surface area (Å²) >= 11 is 0. The number of carbonyl (C=O) groups is 1. The average Bonchev–Trinajstić information content (AvgIpc) is 2.70. The van der Waals surface area contributed by atoms with Crippen molar-refractivity contribution in [2.75, 3.05) is 6.54 Å². The second-order valence-corrected chi connectivity index (χ2v) is 3.85. The lowest BCUT2D eigenvalue weighted by Crippen LogP contribution is -2.37.